The average Bonchev–Trinajstić information content (AvgIpc) is 3.16. The van der Waals surface area contributed by atoms with Crippen LogP contribution in [0.15, 0.2) is 54.7 Å². The third-order valence-electron chi connectivity index (χ3n) is 4.71. The van der Waals surface area contributed by atoms with E-state index < -0.39 is 0 Å². The number of ether oxygens (including phenoxy) is 1. The van der Waals surface area contributed by atoms with E-state index in [1.165, 1.54) is 4.90 Å². The molecule has 1 aromatic heterocycles. The van der Waals surface area contributed by atoms with E-state index in [4.69, 9.17) is 4.74 Å². The van der Waals surface area contributed by atoms with Crippen LogP contribution in [0.25, 0.3) is 10.9 Å². The van der Waals surface area contributed by atoms with Gasteiger partial charge in [0.05, 0.1) is 17.7 Å². The Kier molecular flexibility index (Phi) is 4.21. The molecule has 132 valence electrons. The van der Waals surface area contributed by atoms with Gasteiger partial charge < -0.3 is 9.30 Å². The third-order valence-corrected chi connectivity index (χ3v) is 4.71. The highest BCUT2D eigenvalue weighted by atomic mass is 16.5. The van der Waals surface area contributed by atoms with Crippen molar-refractivity contribution in [3.05, 3.63) is 65.9 Å². The molecule has 2 amide bonds. The Balaban J connectivity index is 1.43. The molecule has 0 spiro atoms. The highest BCUT2D eigenvalue weighted by molar-refractivity contribution is 6.21. The predicted octanol–water partition coefficient (Wildman–Crippen LogP) is 3.73. The molecule has 0 bridgehead atoms. The first kappa shape index (κ1) is 16.4. The van der Waals surface area contributed by atoms with Gasteiger partial charge in [-0.15, -0.1) is 0 Å². The fraction of sp³-hybridized carbons (Fsp3) is 0.238. The van der Waals surface area contributed by atoms with E-state index in [0.29, 0.717) is 30.7 Å². The SMILES string of the molecule is CCOc1ccc2c(ccn2CCCN2C(=O)c3ccccc3C2=O)c1. The first-order valence-corrected chi connectivity index (χ1v) is 8.86. The highest BCUT2D eigenvalue weighted by Gasteiger charge is 2.34. The van der Waals surface area contributed by atoms with E-state index in [2.05, 4.69) is 10.6 Å². The summed E-state index contributed by atoms with van der Waals surface area (Å²) in [7, 11) is 0. The molecule has 2 aromatic carbocycles. The lowest BCUT2D eigenvalue weighted by Crippen LogP contribution is -2.31. The monoisotopic (exact) mass is 348 g/mol. The molecule has 1 aliphatic heterocycles. The maximum atomic E-state index is 12.4. The molecule has 0 radical (unpaired) electrons. The summed E-state index contributed by atoms with van der Waals surface area (Å²) in [5.74, 6) is 0.484. The molecule has 4 rings (SSSR count). The van der Waals surface area contributed by atoms with Gasteiger partial charge in [-0.2, -0.15) is 0 Å². The maximum absolute atomic E-state index is 12.4. The largest absolute Gasteiger partial charge is 0.494 e. The number of fused-ring (bicyclic) bond motifs is 2. The van der Waals surface area contributed by atoms with Crippen molar-refractivity contribution in [3.63, 3.8) is 0 Å². The quantitative estimate of drug-likeness (QED) is 0.638. The fourth-order valence-electron chi connectivity index (χ4n) is 3.47. The molecule has 0 unspecified atom stereocenters. The molecular weight excluding hydrogens is 328 g/mol. The van der Waals surface area contributed by atoms with Crippen molar-refractivity contribution in [1.82, 2.24) is 9.47 Å². The van der Waals surface area contributed by atoms with Gasteiger partial charge in [0, 0.05) is 30.2 Å². The second-order valence-corrected chi connectivity index (χ2v) is 6.32. The van der Waals surface area contributed by atoms with Crippen molar-refractivity contribution in [2.24, 2.45) is 0 Å². The Morgan fingerprint density at radius 3 is 2.35 bits per heavy atom. The number of hydrogen-bond donors (Lipinski definition) is 0. The number of benzene rings is 2. The van der Waals surface area contributed by atoms with Gasteiger partial charge in [-0.1, -0.05) is 12.1 Å². The average molecular weight is 348 g/mol. The van der Waals surface area contributed by atoms with E-state index in [-0.39, 0.29) is 11.8 Å². The minimum absolute atomic E-state index is 0.190. The van der Waals surface area contributed by atoms with Crippen molar-refractivity contribution in [2.45, 2.75) is 19.9 Å². The Hall–Kier alpha value is -3.08. The summed E-state index contributed by atoms with van der Waals surface area (Å²) in [4.78, 5) is 26.1. The molecule has 5 heteroatoms. The van der Waals surface area contributed by atoms with Gasteiger partial charge in [0.25, 0.3) is 11.8 Å². The molecule has 0 aliphatic carbocycles. The van der Waals surface area contributed by atoms with Crippen molar-refractivity contribution in [1.29, 1.82) is 0 Å². The van der Waals surface area contributed by atoms with Gasteiger partial charge in [0.2, 0.25) is 0 Å². The van der Waals surface area contributed by atoms with Crippen LogP contribution in [0.3, 0.4) is 0 Å². The first-order chi connectivity index (χ1) is 12.7. The van der Waals surface area contributed by atoms with Crippen LogP contribution in [0, 0.1) is 0 Å². The van der Waals surface area contributed by atoms with E-state index in [1.54, 1.807) is 24.3 Å². The van der Waals surface area contributed by atoms with Crippen LogP contribution >= 0.6 is 0 Å². The van der Waals surface area contributed by atoms with Crippen molar-refractivity contribution < 1.29 is 14.3 Å². The number of carbonyl (C=O) groups excluding carboxylic acids is 2. The van der Waals surface area contributed by atoms with E-state index in [0.717, 1.165) is 23.2 Å². The van der Waals surface area contributed by atoms with E-state index in [1.807, 2.05) is 31.3 Å². The standard InChI is InChI=1S/C21H20N2O3/c1-2-26-16-8-9-19-15(14-16)10-13-22(19)11-5-12-23-20(24)17-6-3-4-7-18(17)21(23)25/h3-4,6-10,13-14H,2,5,11-12H2,1H3. The summed E-state index contributed by atoms with van der Waals surface area (Å²) in [5, 5.41) is 1.12. The van der Waals surface area contributed by atoms with Crippen LogP contribution < -0.4 is 4.74 Å². The van der Waals surface area contributed by atoms with Gasteiger partial charge in [-0.25, -0.2) is 0 Å². The number of imide groups is 1. The molecule has 0 fully saturated rings. The maximum Gasteiger partial charge on any atom is 0.261 e. The third kappa shape index (κ3) is 2.75. The van der Waals surface area contributed by atoms with E-state index >= 15 is 0 Å². The zero-order valence-electron chi connectivity index (χ0n) is 14.6. The van der Waals surface area contributed by atoms with E-state index in [9.17, 15) is 9.59 Å². The predicted molar refractivity (Wildman–Crippen MR) is 99.5 cm³/mol. The van der Waals surface area contributed by atoms with Crippen LogP contribution in [-0.2, 0) is 6.54 Å². The summed E-state index contributed by atoms with van der Waals surface area (Å²) in [5.41, 5.74) is 2.13. The highest BCUT2D eigenvalue weighted by Crippen LogP contribution is 2.24. The van der Waals surface area contributed by atoms with Crippen LogP contribution in [0.1, 0.15) is 34.1 Å². The molecule has 5 nitrogen and oxygen atoms in total. The minimum Gasteiger partial charge on any atom is -0.494 e. The lowest BCUT2D eigenvalue weighted by atomic mass is 10.1. The molecule has 0 atom stereocenters. The Morgan fingerprint density at radius 1 is 0.923 bits per heavy atom. The Labute approximate surface area is 151 Å². The smallest absolute Gasteiger partial charge is 0.261 e. The Bertz CT molecular complexity index is 955. The molecule has 2 heterocycles. The first-order valence-electron chi connectivity index (χ1n) is 8.86. The fourth-order valence-corrected chi connectivity index (χ4v) is 3.47. The normalized spacial score (nSPS) is 13.5. The number of hydrogen-bond acceptors (Lipinski definition) is 3. The second kappa shape index (κ2) is 6.67. The number of aryl methyl sites for hydroxylation is 1. The van der Waals surface area contributed by atoms with Crippen LogP contribution in [0.5, 0.6) is 5.75 Å². The summed E-state index contributed by atoms with van der Waals surface area (Å²) < 4.78 is 7.68. The number of aromatic nitrogens is 1. The zero-order chi connectivity index (χ0) is 18.1. The lowest BCUT2D eigenvalue weighted by molar-refractivity contribution is 0.0651. The number of carbonyl (C=O) groups is 2. The molecule has 1 aliphatic rings. The molecule has 0 saturated carbocycles. The minimum atomic E-state index is -0.190. The summed E-state index contributed by atoms with van der Waals surface area (Å²) >= 11 is 0. The van der Waals surface area contributed by atoms with Gasteiger partial charge in [-0.05, 0) is 49.7 Å². The van der Waals surface area contributed by atoms with Crippen LogP contribution in [-0.4, -0.2) is 34.4 Å². The number of amides is 2. The topological polar surface area (TPSA) is 51.5 Å². The summed E-state index contributed by atoms with van der Waals surface area (Å²) in [6.07, 6.45) is 2.74. The molecule has 26 heavy (non-hydrogen) atoms. The lowest BCUT2D eigenvalue weighted by Gasteiger charge is -2.14. The summed E-state index contributed by atoms with van der Waals surface area (Å²) in [6, 6.07) is 15.1. The summed E-state index contributed by atoms with van der Waals surface area (Å²) in [6.45, 7) is 3.77. The molecule has 0 saturated heterocycles. The zero-order valence-corrected chi connectivity index (χ0v) is 14.6. The second-order valence-electron chi connectivity index (χ2n) is 6.32. The number of rotatable bonds is 6. The van der Waals surface area contributed by atoms with Gasteiger partial charge in [-0.3, -0.25) is 14.5 Å². The van der Waals surface area contributed by atoms with Gasteiger partial charge in [0.15, 0.2) is 0 Å². The van der Waals surface area contributed by atoms with Gasteiger partial charge >= 0.3 is 0 Å². The van der Waals surface area contributed by atoms with Crippen LogP contribution in [0.4, 0.5) is 0 Å². The molecule has 3 aromatic rings. The number of nitrogens with zero attached hydrogens (tertiary/aromatic N) is 2. The van der Waals surface area contributed by atoms with Crippen molar-refractivity contribution in [2.75, 3.05) is 13.2 Å². The molecular formula is C21H20N2O3. The Morgan fingerprint density at radius 2 is 1.65 bits per heavy atom. The van der Waals surface area contributed by atoms with Crippen LogP contribution in [0.2, 0.25) is 0 Å². The van der Waals surface area contributed by atoms with Gasteiger partial charge in [0.1, 0.15) is 5.75 Å². The van der Waals surface area contributed by atoms with Crippen molar-refractivity contribution in [3.8, 4) is 5.75 Å². The van der Waals surface area contributed by atoms with Crippen molar-refractivity contribution >= 4 is 22.7 Å². The molecule has 0 N–H and O–H groups in total.